The van der Waals surface area contributed by atoms with Crippen molar-refractivity contribution in [2.45, 2.75) is 0 Å². The first-order valence-corrected chi connectivity index (χ1v) is 7.13. The van der Waals surface area contributed by atoms with Crippen LogP contribution in [0.1, 0.15) is 10.4 Å². The van der Waals surface area contributed by atoms with Gasteiger partial charge in [-0.25, -0.2) is 0 Å². The van der Waals surface area contributed by atoms with Crippen LogP contribution in [0.4, 0.5) is 0 Å². The number of hydrogen-bond donors (Lipinski definition) is 1. The third-order valence-electron chi connectivity index (χ3n) is 2.39. The molecule has 0 bridgehead atoms. The topological polar surface area (TPSA) is 41.6 Å². The van der Waals surface area contributed by atoms with Gasteiger partial charge in [-0.3, -0.25) is 4.79 Å². The van der Waals surface area contributed by atoms with E-state index < -0.39 is 0 Å². The molecule has 0 aliphatic rings. The first-order chi connectivity index (χ1) is 9.00. The van der Waals surface area contributed by atoms with Gasteiger partial charge in [0.1, 0.15) is 0 Å². The first kappa shape index (κ1) is 16.4. The van der Waals surface area contributed by atoms with Gasteiger partial charge in [0.2, 0.25) is 0 Å². The molecule has 0 fully saturated rings. The van der Waals surface area contributed by atoms with Crippen LogP contribution in [0.15, 0.2) is 22.7 Å². The lowest BCUT2D eigenvalue weighted by Crippen LogP contribution is -2.28. The highest BCUT2D eigenvalue weighted by Gasteiger charge is 2.09. The molecule has 1 aromatic rings. The fourth-order valence-corrected chi connectivity index (χ4v) is 2.22. The minimum absolute atomic E-state index is 0.139. The van der Waals surface area contributed by atoms with E-state index in [9.17, 15) is 4.79 Å². The predicted molar refractivity (Wildman–Crippen MR) is 80.9 cm³/mol. The second kappa shape index (κ2) is 8.53. The molecule has 1 amide bonds. The number of likely N-dealkylation sites (N-methyl/N-ethyl adjacent to an activating group) is 1. The van der Waals surface area contributed by atoms with E-state index in [0.717, 1.165) is 6.54 Å². The van der Waals surface area contributed by atoms with Crippen molar-refractivity contribution in [3.63, 3.8) is 0 Å². The average Bonchev–Trinajstić information content (AvgIpc) is 2.32. The van der Waals surface area contributed by atoms with E-state index in [2.05, 4.69) is 21.2 Å². The molecular formula is C13H18BrClN2O2. The van der Waals surface area contributed by atoms with Gasteiger partial charge in [0, 0.05) is 22.6 Å². The van der Waals surface area contributed by atoms with Crippen LogP contribution in [-0.4, -0.2) is 51.2 Å². The number of nitrogens with zero attached hydrogens (tertiary/aromatic N) is 1. The maximum absolute atomic E-state index is 11.9. The zero-order valence-electron chi connectivity index (χ0n) is 11.1. The first-order valence-electron chi connectivity index (χ1n) is 5.96. The second-order valence-corrected chi connectivity index (χ2v) is 5.59. The van der Waals surface area contributed by atoms with Crippen LogP contribution in [0.3, 0.4) is 0 Å². The number of nitrogens with one attached hydrogen (secondary N) is 1. The Kier molecular flexibility index (Phi) is 7.38. The van der Waals surface area contributed by atoms with E-state index >= 15 is 0 Å². The normalized spacial score (nSPS) is 10.8. The standard InChI is InChI=1S/C13H18BrClN2O2/c1-17(2)6-8-19-7-5-16-13(18)11-4-3-10(15)9-12(11)14/h3-4,9H,5-8H2,1-2H3,(H,16,18). The molecule has 0 aliphatic carbocycles. The minimum Gasteiger partial charge on any atom is -0.378 e. The molecule has 0 aromatic heterocycles. The number of ether oxygens (including phenoxy) is 1. The highest BCUT2D eigenvalue weighted by Crippen LogP contribution is 2.21. The van der Waals surface area contributed by atoms with Crippen LogP contribution in [0, 0.1) is 0 Å². The van der Waals surface area contributed by atoms with Gasteiger partial charge in [0.15, 0.2) is 0 Å². The van der Waals surface area contributed by atoms with Crippen molar-refractivity contribution in [1.29, 1.82) is 0 Å². The smallest absolute Gasteiger partial charge is 0.252 e. The van der Waals surface area contributed by atoms with E-state index in [4.69, 9.17) is 16.3 Å². The zero-order chi connectivity index (χ0) is 14.3. The molecule has 0 saturated carbocycles. The predicted octanol–water partition coefficient (Wildman–Crippen LogP) is 2.41. The van der Waals surface area contributed by atoms with Crippen molar-refractivity contribution in [3.05, 3.63) is 33.3 Å². The van der Waals surface area contributed by atoms with Gasteiger partial charge < -0.3 is 15.0 Å². The third-order valence-corrected chi connectivity index (χ3v) is 3.28. The van der Waals surface area contributed by atoms with Crippen molar-refractivity contribution >= 4 is 33.4 Å². The van der Waals surface area contributed by atoms with Crippen molar-refractivity contribution in [2.24, 2.45) is 0 Å². The second-order valence-electron chi connectivity index (χ2n) is 4.30. The van der Waals surface area contributed by atoms with E-state index in [-0.39, 0.29) is 5.91 Å². The number of halogens is 2. The Morgan fingerprint density at radius 3 is 2.79 bits per heavy atom. The van der Waals surface area contributed by atoms with Gasteiger partial charge in [0.05, 0.1) is 18.8 Å². The van der Waals surface area contributed by atoms with E-state index in [0.29, 0.717) is 34.8 Å². The molecule has 0 heterocycles. The number of carbonyl (C=O) groups is 1. The lowest BCUT2D eigenvalue weighted by molar-refractivity contribution is 0.0899. The lowest BCUT2D eigenvalue weighted by Gasteiger charge is -2.10. The Labute approximate surface area is 127 Å². The van der Waals surface area contributed by atoms with Crippen LogP contribution in [0.2, 0.25) is 5.02 Å². The Hall–Kier alpha value is -0.620. The van der Waals surface area contributed by atoms with Gasteiger partial charge in [-0.1, -0.05) is 11.6 Å². The minimum atomic E-state index is -0.139. The summed E-state index contributed by atoms with van der Waals surface area (Å²) in [7, 11) is 3.98. The molecule has 1 rings (SSSR count). The number of carbonyl (C=O) groups excluding carboxylic acids is 1. The molecule has 1 N–H and O–H groups in total. The zero-order valence-corrected chi connectivity index (χ0v) is 13.4. The van der Waals surface area contributed by atoms with Crippen LogP contribution >= 0.6 is 27.5 Å². The summed E-state index contributed by atoms with van der Waals surface area (Å²) < 4.78 is 6.08. The van der Waals surface area contributed by atoms with Gasteiger partial charge >= 0.3 is 0 Å². The fraction of sp³-hybridized carbons (Fsp3) is 0.462. The SMILES string of the molecule is CN(C)CCOCCNC(=O)c1ccc(Cl)cc1Br. The molecule has 19 heavy (non-hydrogen) atoms. The molecule has 1 aromatic carbocycles. The molecule has 0 aliphatic heterocycles. The average molecular weight is 350 g/mol. The number of amides is 1. The summed E-state index contributed by atoms with van der Waals surface area (Å²) in [6.07, 6.45) is 0. The molecule has 0 radical (unpaired) electrons. The van der Waals surface area contributed by atoms with E-state index in [1.54, 1.807) is 18.2 Å². The van der Waals surface area contributed by atoms with Gasteiger partial charge in [-0.05, 0) is 48.2 Å². The van der Waals surface area contributed by atoms with Gasteiger partial charge in [-0.15, -0.1) is 0 Å². The lowest BCUT2D eigenvalue weighted by atomic mass is 10.2. The van der Waals surface area contributed by atoms with Crippen molar-refractivity contribution in [1.82, 2.24) is 10.2 Å². The number of rotatable bonds is 7. The largest absolute Gasteiger partial charge is 0.378 e. The monoisotopic (exact) mass is 348 g/mol. The van der Waals surface area contributed by atoms with Crippen LogP contribution < -0.4 is 5.32 Å². The Bertz CT molecular complexity index is 427. The Balaban J connectivity index is 2.28. The van der Waals surface area contributed by atoms with Crippen molar-refractivity contribution < 1.29 is 9.53 Å². The molecule has 0 atom stereocenters. The van der Waals surface area contributed by atoms with Gasteiger partial charge in [0.25, 0.3) is 5.91 Å². The number of hydrogen-bond acceptors (Lipinski definition) is 3. The van der Waals surface area contributed by atoms with Crippen LogP contribution in [0.5, 0.6) is 0 Å². The maximum atomic E-state index is 11.9. The molecule has 0 spiro atoms. The van der Waals surface area contributed by atoms with Gasteiger partial charge in [-0.2, -0.15) is 0 Å². The molecule has 0 unspecified atom stereocenters. The highest BCUT2D eigenvalue weighted by atomic mass is 79.9. The quantitative estimate of drug-likeness (QED) is 0.769. The summed E-state index contributed by atoms with van der Waals surface area (Å²) in [4.78, 5) is 13.9. The summed E-state index contributed by atoms with van der Waals surface area (Å²) in [6.45, 7) is 2.52. The summed E-state index contributed by atoms with van der Waals surface area (Å²) >= 11 is 9.14. The molecule has 106 valence electrons. The van der Waals surface area contributed by atoms with Crippen molar-refractivity contribution in [2.75, 3.05) is 40.4 Å². The summed E-state index contributed by atoms with van der Waals surface area (Å²) in [5.41, 5.74) is 0.567. The summed E-state index contributed by atoms with van der Waals surface area (Å²) in [6, 6.07) is 5.08. The fourth-order valence-electron chi connectivity index (χ4n) is 1.35. The summed E-state index contributed by atoms with van der Waals surface area (Å²) in [5.74, 6) is -0.139. The molecule has 6 heteroatoms. The Morgan fingerprint density at radius 1 is 1.42 bits per heavy atom. The number of benzene rings is 1. The van der Waals surface area contributed by atoms with Crippen molar-refractivity contribution in [3.8, 4) is 0 Å². The van der Waals surface area contributed by atoms with Crippen LogP contribution in [-0.2, 0) is 4.74 Å². The maximum Gasteiger partial charge on any atom is 0.252 e. The van der Waals surface area contributed by atoms with E-state index in [1.165, 1.54) is 0 Å². The van der Waals surface area contributed by atoms with E-state index in [1.807, 2.05) is 19.0 Å². The van der Waals surface area contributed by atoms with Crippen LogP contribution in [0.25, 0.3) is 0 Å². The molecular weight excluding hydrogens is 332 g/mol. The Morgan fingerprint density at radius 2 is 2.16 bits per heavy atom. The highest BCUT2D eigenvalue weighted by molar-refractivity contribution is 9.10. The third kappa shape index (κ3) is 6.38. The molecule has 4 nitrogen and oxygen atoms in total. The molecule has 0 saturated heterocycles. The summed E-state index contributed by atoms with van der Waals surface area (Å²) in [5, 5.41) is 3.39.